The number of piperazine rings is 1. The number of aromatic nitrogens is 2. The fraction of sp³-hybridized carbons (Fsp3) is 0.296. The molecule has 8 nitrogen and oxygen atoms in total. The first-order chi connectivity index (χ1) is 17.4. The molecule has 4 aromatic rings. The molecule has 188 valence electrons. The molecule has 2 aromatic carbocycles. The molecule has 3 heterocycles. The molecular formula is C27H30N4O4S. The minimum absolute atomic E-state index is 0.00742. The first kappa shape index (κ1) is 24.2. The van der Waals surface area contributed by atoms with Crippen molar-refractivity contribution in [2.24, 2.45) is 0 Å². The number of nitrogens with zero attached hydrogens (tertiary/aromatic N) is 4. The smallest absolute Gasteiger partial charge is 0.223 e. The maximum Gasteiger partial charge on any atom is 0.223 e. The molecule has 0 spiro atoms. The van der Waals surface area contributed by atoms with E-state index < -0.39 is 6.10 Å². The van der Waals surface area contributed by atoms with E-state index in [-0.39, 0.29) is 18.4 Å². The average molecular weight is 507 g/mol. The van der Waals surface area contributed by atoms with Crippen LogP contribution in [0.1, 0.15) is 10.6 Å². The van der Waals surface area contributed by atoms with Crippen molar-refractivity contribution in [2.45, 2.75) is 13.0 Å². The number of fused-ring (bicyclic) bond motifs is 1. The monoisotopic (exact) mass is 506 g/mol. The highest BCUT2D eigenvalue weighted by Gasteiger charge is 2.25. The molecule has 3 N–H and O–H groups in total. The molecule has 1 aliphatic rings. The molecule has 0 bridgehead atoms. The van der Waals surface area contributed by atoms with E-state index in [4.69, 9.17) is 4.74 Å². The van der Waals surface area contributed by atoms with E-state index in [9.17, 15) is 15.3 Å². The lowest BCUT2D eigenvalue weighted by atomic mass is 10.2. The average Bonchev–Trinajstić information content (AvgIpc) is 3.40. The van der Waals surface area contributed by atoms with Crippen molar-refractivity contribution in [2.75, 3.05) is 44.2 Å². The quantitative estimate of drug-likeness (QED) is 0.332. The van der Waals surface area contributed by atoms with Gasteiger partial charge in [-0.05, 0) is 36.8 Å². The third-order valence-electron chi connectivity index (χ3n) is 6.41. The summed E-state index contributed by atoms with van der Waals surface area (Å²) in [6, 6.07) is 14.8. The standard InChI is InChI=1S/C27H30N4O4S/c1-3-19-4-6-20(7-5-19)31-26(33)15-24(27(31)34)30-12-10-29(11-13-30)16-21(32)17-35-22-8-9-25-23(14-22)28-18(2)36-25/h3-9,14-15,21,32-34H,1,10-13,16-17H2,2H3. The molecule has 0 saturated carbocycles. The van der Waals surface area contributed by atoms with Crippen LogP contribution in [0.5, 0.6) is 17.5 Å². The number of β-amino-alcohol motifs (C(OH)–C–C–N with tert-alkyl or cyclic N) is 1. The predicted octanol–water partition coefficient (Wildman–Crippen LogP) is 4.01. The van der Waals surface area contributed by atoms with Crippen LogP contribution in [0.4, 0.5) is 5.69 Å². The van der Waals surface area contributed by atoms with Crippen molar-refractivity contribution in [3.8, 4) is 23.2 Å². The van der Waals surface area contributed by atoms with E-state index in [1.54, 1.807) is 23.5 Å². The molecule has 1 aliphatic heterocycles. The first-order valence-corrected chi connectivity index (χ1v) is 12.7. The van der Waals surface area contributed by atoms with Gasteiger partial charge in [0.15, 0.2) is 0 Å². The van der Waals surface area contributed by atoms with Gasteiger partial charge in [-0.25, -0.2) is 9.55 Å². The molecule has 1 saturated heterocycles. The molecule has 1 fully saturated rings. The Kier molecular flexibility index (Phi) is 6.86. The Labute approximate surface area is 213 Å². The number of aryl methyl sites for hydroxylation is 1. The van der Waals surface area contributed by atoms with Gasteiger partial charge < -0.3 is 25.0 Å². The van der Waals surface area contributed by atoms with Gasteiger partial charge >= 0.3 is 0 Å². The highest BCUT2D eigenvalue weighted by atomic mass is 32.1. The van der Waals surface area contributed by atoms with Crippen LogP contribution in [-0.4, -0.2) is 75.2 Å². The first-order valence-electron chi connectivity index (χ1n) is 11.9. The van der Waals surface area contributed by atoms with E-state index >= 15 is 0 Å². The van der Waals surface area contributed by atoms with Gasteiger partial charge in [-0.15, -0.1) is 11.3 Å². The van der Waals surface area contributed by atoms with Crippen molar-refractivity contribution < 1.29 is 20.1 Å². The highest BCUT2D eigenvalue weighted by molar-refractivity contribution is 7.18. The summed E-state index contributed by atoms with van der Waals surface area (Å²) in [6.07, 6.45) is 1.12. The molecule has 0 radical (unpaired) electrons. The maximum atomic E-state index is 10.9. The third-order valence-corrected chi connectivity index (χ3v) is 7.36. The number of aliphatic hydroxyl groups is 1. The largest absolute Gasteiger partial charge is 0.494 e. The number of aliphatic hydroxyl groups excluding tert-OH is 1. The predicted molar refractivity (Wildman–Crippen MR) is 144 cm³/mol. The molecule has 1 unspecified atom stereocenters. The van der Waals surface area contributed by atoms with Crippen molar-refractivity contribution >= 4 is 33.3 Å². The summed E-state index contributed by atoms with van der Waals surface area (Å²) in [7, 11) is 0. The van der Waals surface area contributed by atoms with Crippen LogP contribution in [0.3, 0.4) is 0 Å². The van der Waals surface area contributed by atoms with Gasteiger partial charge in [0, 0.05) is 44.9 Å². The zero-order valence-electron chi connectivity index (χ0n) is 20.2. The summed E-state index contributed by atoms with van der Waals surface area (Å²) in [6.45, 7) is 9.22. The van der Waals surface area contributed by atoms with Crippen LogP contribution in [0.15, 0.2) is 55.1 Å². The Morgan fingerprint density at radius 1 is 1.08 bits per heavy atom. The topological polar surface area (TPSA) is 94.2 Å². The summed E-state index contributed by atoms with van der Waals surface area (Å²) in [4.78, 5) is 8.72. The number of thiazole rings is 1. The summed E-state index contributed by atoms with van der Waals surface area (Å²) in [5, 5.41) is 32.9. The van der Waals surface area contributed by atoms with Gasteiger partial charge in [-0.3, -0.25) is 4.90 Å². The second kappa shape index (κ2) is 10.2. The van der Waals surface area contributed by atoms with Crippen molar-refractivity contribution in [1.29, 1.82) is 0 Å². The SMILES string of the molecule is C=Cc1ccc(-n2c(O)cc(N3CCN(CC(O)COc4ccc5sc(C)nc5c4)CC3)c2O)cc1. The normalized spacial score (nSPS) is 15.3. The van der Waals surface area contributed by atoms with E-state index in [0.717, 1.165) is 33.9 Å². The summed E-state index contributed by atoms with van der Waals surface area (Å²) >= 11 is 1.65. The summed E-state index contributed by atoms with van der Waals surface area (Å²) < 4.78 is 8.37. The lowest BCUT2D eigenvalue weighted by Crippen LogP contribution is -2.49. The second-order valence-electron chi connectivity index (χ2n) is 8.96. The number of ether oxygens (including phenoxy) is 1. The second-order valence-corrected chi connectivity index (χ2v) is 10.2. The summed E-state index contributed by atoms with van der Waals surface area (Å²) in [5.41, 5.74) is 3.14. The minimum atomic E-state index is -0.624. The van der Waals surface area contributed by atoms with Crippen LogP contribution in [0.25, 0.3) is 22.0 Å². The number of benzene rings is 2. The molecule has 0 amide bonds. The lowest BCUT2D eigenvalue weighted by Gasteiger charge is -2.36. The maximum absolute atomic E-state index is 10.9. The fourth-order valence-corrected chi connectivity index (χ4v) is 5.36. The Bertz CT molecular complexity index is 1360. The number of rotatable bonds is 8. The molecule has 9 heteroatoms. The van der Waals surface area contributed by atoms with E-state index in [0.29, 0.717) is 36.8 Å². The van der Waals surface area contributed by atoms with Gasteiger partial charge in [-0.2, -0.15) is 0 Å². The Morgan fingerprint density at radius 2 is 1.83 bits per heavy atom. The van der Waals surface area contributed by atoms with E-state index in [2.05, 4.69) is 16.5 Å². The number of anilines is 1. The molecule has 2 aromatic heterocycles. The fourth-order valence-electron chi connectivity index (χ4n) is 4.55. The minimum Gasteiger partial charge on any atom is -0.494 e. The zero-order valence-corrected chi connectivity index (χ0v) is 21.0. The molecule has 36 heavy (non-hydrogen) atoms. The van der Waals surface area contributed by atoms with Crippen LogP contribution < -0.4 is 9.64 Å². The van der Waals surface area contributed by atoms with Crippen LogP contribution in [0, 0.1) is 6.92 Å². The number of hydrogen-bond acceptors (Lipinski definition) is 8. The van der Waals surface area contributed by atoms with Crippen LogP contribution in [-0.2, 0) is 0 Å². The van der Waals surface area contributed by atoms with Gasteiger partial charge in [0.05, 0.1) is 20.9 Å². The molecular weight excluding hydrogens is 476 g/mol. The van der Waals surface area contributed by atoms with Crippen LogP contribution >= 0.6 is 11.3 Å². The molecule has 5 rings (SSSR count). The Morgan fingerprint density at radius 3 is 2.56 bits per heavy atom. The molecule has 1 atom stereocenters. The number of hydrogen-bond donors (Lipinski definition) is 3. The highest BCUT2D eigenvalue weighted by Crippen LogP contribution is 2.38. The van der Waals surface area contributed by atoms with Crippen molar-refractivity contribution in [3.05, 3.63) is 65.7 Å². The van der Waals surface area contributed by atoms with Crippen molar-refractivity contribution in [1.82, 2.24) is 14.5 Å². The Hall–Kier alpha value is -3.53. The van der Waals surface area contributed by atoms with Gasteiger partial charge in [0.25, 0.3) is 0 Å². The zero-order chi connectivity index (χ0) is 25.2. The van der Waals surface area contributed by atoms with Gasteiger partial charge in [0.1, 0.15) is 24.1 Å². The third kappa shape index (κ3) is 5.04. The lowest BCUT2D eigenvalue weighted by molar-refractivity contribution is 0.0663. The molecule has 0 aliphatic carbocycles. The van der Waals surface area contributed by atoms with Crippen molar-refractivity contribution in [3.63, 3.8) is 0 Å². The summed E-state index contributed by atoms with van der Waals surface area (Å²) in [5.74, 6) is 0.693. The van der Waals surface area contributed by atoms with Gasteiger partial charge in [-0.1, -0.05) is 24.8 Å². The van der Waals surface area contributed by atoms with E-state index in [1.807, 2.05) is 54.3 Å². The Balaban J connectivity index is 1.15. The van der Waals surface area contributed by atoms with E-state index in [1.165, 1.54) is 4.57 Å². The van der Waals surface area contributed by atoms with Crippen LogP contribution in [0.2, 0.25) is 0 Å². The van der Waals surface area contributed by atoms with Gasteiger partial charge in [0.2, 0.25) is 11.8 Å². The number of aromatic hydroxyl groups is 2.